The van der Waals surface area contributed by atoms with Crippen LogP contribution < -0.4 is 14.8 Å². The lowest BCUT2D eigenvalue weighted by atomic mass is 9.94. The van der Waals surface area contributed by atoms with E-state index in [0.717, 1.165) is 0 Å². The molecule has 0 spiro atoms. The Morgan fingerprint density at radius 3 is 2.68 bits per heavy atom. The number of nitrogens with one attached hydrogen (secondary N) is 2. The molecule has 2 fully saturated rings. The highest BCUT2D eigenvalue weighted by molar-refractivity contribution is 7.89. The van der Waals surface area contributed by atoms with Gasteiger partial charge >= 0.3 is 0 Å². The molecule has 2 N–H and O–H groups in total. The van der Waals surface area contributed by atoms with Crippen LogP contribution in [0.15, 0.2) is 41.3 Å². The molecule has 1 aromatic carbocycles. The Hall–Kier alpha value is -2.19. The van der Waals surface area contributed by atoms with Gasteiger partial charge in [0.1, 0.15) is 5.75 Å². The molecule has 7 nitrogen and oxygen atoms in total. The molecule has 1 aromatic rings. The van der Waals surface area contributed by atoms with Crippen LogP contribution >= 0.6 is 0 Å². The molecule has 1 unspecified atom stereocenters. The van der Waals surface area contributed by atoms with E-state index in [9.17, 15) is 18.0 Å². The van der Waals surface area contributed by atoms with E-state index in [4.69, 9.17) is 4.74 Å². The minimum Gasteiger partial charge on any atom is -0.493 e. The van der Waals surface area contributed by atoms with Crippen LogP contribution in [0.2, 0.25) is 0 Å². The molecule has 1 aliphatic carbocycles. The normalized spacial score (nSPS) is 20.1. The fourth-order valence-electron chi connectivity index (χ4n) is 3.49. The molecule has 0 bridgehead atoms. The van der Waals surface area contributed by atoms with E-state index >= 15 is 0 Å². The zero-order chi connectivity index (χ0) is 22.5. The largest absolute Gasteiger partial charge is 0.493 e. The van der Waals surface area contributed by atoms with Crippen LogP contribution in [0.1, 0.15) is 58.8 Å². The van der Waals surface area contributed by atoms with Crippen LogP contribution in [0, 0.1) is 11.8 Å². The van der Waals surface area contributed by atoms with Crippen molar-refractivity contribution in [2.24, 2.45) is 11.8 Å². The summed E-state index contributed by atoms with van der Waals surface area (Å²) in [6, 6.07) is 6.62. The van der Waals surface area contributed by atoms with Crippen molar-refractivity contribution in [2.75, 3.05) is 6.61 Å². The van der Waals surface area contributed by atoms with Crippen molar-refractivity contribution in [3.63, 3.8) is 0 Å². The summed E-state index contributed by atoms with van der Waals surface area (Å²) in [5, 5.41) is 2.36. The van der Waals surface area contributed by atoms with Gasteiger partial charge in [-0.25, -0.2) is 13.1 Å². The Morgan fingerprint density at radius 2 is 1.97 bits per heavy atom. The van der Waals surface area contributed by atoms with Gasteiger partial charge in [-0.3, -0.25) is 14.9 Å². The third-order valence-corrected chi connectivity index (χ3v) is 7.28. The van der Waals surface area contributed by atoms with Gasteiger partial charge < -0.3 is 4.74 Å². The molecule has 0 aromatic heterocycles. The van der Waals surface area contributed by atoms with Crippen LogP contribution in [0.4, 0.5) is 0 Å². The lowest BCUT2D eigenvalue weighted by Crippen LogP contribution is -2.43. The molecule has 170 valence electrons. The SMILES string of the molecule is CC(C)(CC/C=C/CC1CCC(=O)NC1=O)NS(=O)(=O)c1cccc(OCC2CC2)c1. The third-order valence-electron chi connectivity index (χ3n) is 5.59. The van der Waals surface area contributed by atoms with Gasteiger partial charge in [0, 0.05) is 23.9 Å². The summed E-state index contributed by atoms with van der Waals surface area (Å²) in [6.07, 6.45) is 9.07. The lowest BCUT2D eigenvalue weighted by molar-refractivity contribution is -0.136. The minimum absolute atomic E-state index is 0.171. The first-order chi connectivity index (χ1) is 14.6. The van der Waals surface area contributed by atoms with E-state index in [-0.39, 0.29) is 22.6 Å². The Kier molecular flexibility index (Phi) is 7.54. The first-order valence-electron chi connectivity index (χ1n) is 10.9. The fraction of sp³-hybridized carbons (Fsp3) is 0.565. The van der Waals surface area contributed by atoms with Crippen molar-refractivity contribution in [1.82, 2.24) is 10.0 Å². The number of hydrogen-bond donors (Lipinski definition) is 2. The predicted octanol–water partition coefficient (Wildman–Crippen LogP) is 3.31. The molecule has 1 heterocycles. The number of imide groups is 1. The number of hydrogen-bond acceptors (Lipinski definition) is 5. The molecule has 3 rings (SSSR count). The van der Waals surface area contributed by atoms with Crippen LogP contribution in [-0.4, -0.2) is 32.4 Å². The van der Waals surface area contributed by atoms with Gasteiger partial charge in [-0.15, -0.1) is 0 Å². The molecule has 1 saturated carbocycles. The van der Waals surface area contributed by atoms with Crippen LogP contribution in [-0.2, 0) is 19.6 Å². The number of carbonyl (C=O) groups is 2. The van der Waals surface area contributed by atoms with Crippen LogP contribution in [0.5, 0.6) is 5.75 Å². The third kappa shape index (κ3) is 7.47. The number of rotatable bonds is 11. The van der Waals surface area contributed by atoms with Gasteiger partial charge in [-0.2, -0.15) is 0 Å². The highest BCUT2D eigenvalue weighted by Gasteiger charge is 2.27. The average molecular weight is 449 g/mol. The zero-order valence-electron chi connectivity index (χ0n) is 18.2. The van der Waals surface area contributed by atoms with Crippen molar-refractivity contribution in [2.45, 2.75) is 69.2 Å². The first kappa shape index (κ1) is 23.5. The second kappa shape index (κ2) is 9.96. The summed E-state index contributed by atoms with van der Waals surface area (Å²) in [6.45, 7) is 4.34. The zero-order valence-corrected chi connectivity index (χ0v) is 19.0. The number of benzene rings is 1. The van der Waals surface area contributed by atoms with E-state index in [1.165, 1.54) is 12.8 Å². The van der Waals surface area contributed by atoms with E-state index in [0.29, 0.717) is 50.4 Å². The average Bonchev–Trinajstić information content (AvgIpc) is 3.51. The van der Waals surface area contributed by atoms with Crippen molar-refractivity contribution in [3.8, 4) is 5.75 Å². The molecule has 2 aliphatic rings. The minimum atomic E-state index is -3.67. The molecule has 8 heteroatoms. The maximum absolute atomic E-state index is 12.9. The summed E-state index contributed by atoms with van der Waals surface area (Å²) in [7, 11) is -3.67. The van der Waals surface area contributed by atoms with Crippen LogP contribution in [0.3, 0.4) is 0 Å². The predicted molar refractivity (Wildman–Crippen MR) is 118 cm³/mol. The van der Waals surface area contributed by atoms with Gasteiger partial charge in [0.2, 0.25) is 21.8 Å². The van der Waals surface area contributed by atoms with E-state index in [2.05, 4.69) is 10.0 Å². The molecule has 31 heavy (non-hydrogen) atoms. The monoisotopic (exact) mass is 448 g/mol. The van der Waals surface area contributed by atoms with Gasteiger partial charge in [0.25, 0.3) is 0 Å². The highest BCUT2D eigenvalue weighted by atomic mass is 32.2. The quantitative estimate of drug-likeness (QED) is 0.399. The molecule has 0 radical (unpaired) electrons. The summed E-state index contributed by atoms with van der Waals surface area (Å²) in [5.41, 5.74) is -0.636. The van der Waals surface area contributed by atoms with Crippen molar-refractivity contribution in [1.29, 1.82) is 0 Å². The van der Waals surface area contributed by atoms with Gasteiger partial charge in [0.15, 0.2) is 0 Å². The number of sulfonamides is 1. The molecule has 2 amide bonds. The van der Waals surface area contributed by atoms with E-state index in [1.807, 2.05) is 26.0 Å². The van der Waals surface area contributed by atoms with E-state index < -0.39 is 15.6 Å². The standard InChI is InChI=1S/C23H32N2O5S/c1-23(2,14-5-3-4-7-18-12-13-21(26)24-22(18)27)25-31(28,29)20-9-6-8-19(15-20)30-16-17-10-11-17/h3-4,6,8-9,15,17-18,25H,5,7,10-14,16H2,1-2H3,(H,24,26,27)/b4-3+. The highest BCUT2D eigenvalue weighted by Crippen LogP contribution is 2.30. The maximum Gasteiger partial charge on any atom is 0.241 e. The van der Waals surface area contributed by atoms with Gasteiger partial charge in [-0.05, 0) is 70.4 Å². The summed E-state index contributed by atoms with van der Waals surface area (Å²) < 4.78 is 34.2. The number of carbonyl (C=O) groups excluding carboxylic acids is 2. The van der Waals surface area contributed by atoms with Gasteiger partial charge in [-0.1, -0.05) is 18.2 Å². The molecular weight excluding hydrogens is 416 g/mol. The molecule has 1 atom stereocenters. The number of piperidine rings is 1. The topological polar surface area (TPSA) is 102 Å². The smallest absolute Gasteiger partial charge is 0.241 e. The van der Waals surface area contributed by atoms with Crippen molar-refractivity contribution >= 4 is 21.8 Å². The molecule has 1 aliphatic heterocycles. The lowest BCUT2D eigenvalue weighted by Gasteiger charge is -2.25. The number of allylic oxidation sites excluding steroid dienone is 2. The van der Waals surface area contributed by atoms with E-state index in [1.54, 1.807) is 24.3 Å². The summed E-state index contributed by atoms with van der Waals surface area (Å²) in [5.74, 6) is 0.579. The van der Waals surface area contributed by atoms with Crippen molar-refractivity contribution < 1.29 is 22.7 Å². The number of amides is 2. The summed E-state index contributed by atoms with van der Waals surface area (Å²) >= 11 is 0. The van der Waals surface area contributed by atoms with Gasteiger partial charge in [0.05, 0.1) is 11.5 Å². The Labute approximate surface area is 184 Å². The molecular formula is C23H32N2O5S. The second-order valence-electron chi connectivity index (χ2n) is 9.11. The van der Waals surface area contributed by atoms with Crippen LogP contribution in [0.25, 0.3) is 0 Å². The molecule has 1 saturated heterocycles. The Bertz CT molecular complexity index is 935. The maximum atomic E-state index is 12.9. The number of ether oxygens (including phenoxy) is 1. The Balaban J connectivity index is 1.48. The Morgan fingerprint density at radius 1 is 1.19 bits per heavy atom. The summed E-state index contributed by atoms with van der Waals surface area (Å²) in [4.78, 5) is 23.2. The second-order valence-corrected chi connectivity index (χ2v) is 10.8. The first-order valence-corrected chi connectivity index (χ1v) is 12.4. The van der Waals surface area contributed by atoms with Crippen molar-refractivity contribution in [3.05, 3.63) is 36.4 Å². The fourth-order valence-corrected chi connectivity index (χ4v) is 4.97.